The quantitative estimate of drug-likeness (QED) is 0.865. The molecule has 2 rings (SSSR count). The lowest BCUT2D eigenvalue weighted by Gasteiger charge is -2.12. The predicted molar refractivity (Wildman–Crippen MR) is 72.4 cm³/mol. The second-order valence-corrected chi connectivity index (χ2v) is 5.54. The number of phenols is 1. The molecule has 1 unspecified atom stereocenters. The van der Waals surface area contributed by atoms with Crippen molar-refractivity contribution >= 4 is 11.3 Å². The number of aryl methyl sites for hydroxylation is 1. The Morgan fingerprint density at radius 2 is 2.12 bits per heavy atom. The van der Waals surface area contributed by atoms with Crippen LogP contribution in [-0.2, 0) is 6.54 Å². The molecule has 2 aromatic rings. The molecule has 0 spiro atoms. The van der Waals surface area contributed by atoms with Gasteiger partial charge in [0.1, 0.15) is 5.75 Å². The van der Waals surface area contributed by atoms with Crippen LogP contribution < -0.4 is 5.32 Å². The zero-order valence-corrected chi connectivity index (χ0v) is 10.9. The molecule has 0 bridgehead atoms. The van der Waals surface area contributed by atoms with Crippen LogP contribution in [0.2, 0.25) is 0 Å². The Labute approximate surface area is 106 Å². The third-order valence-corrected chi connectivity index (χ3v) is 3.89. The van der Waals surface area contributed by atoms with Crippen molar-refractivity contribution < 1.29 is 5.11 Å². The fraction of sp³-hybridized carbons (Fsp3) is 0.286. The maximum atomic E-state index is 9.37. The molecule has 1 aromatic heterocycles. The van der Waals surface area contributed by atoms with E-state index < -0.39 is 0 Å². The highest BCUT2D eigenvalue weighted by atomic mass is 32.1. The second-order valence-electron chi connectivity index (χ2n) is 4.22. The van der Waals surface area contributed by atoms with Gasteiger partial charge in [-0.1, -0.05) is 12.1 Å². The summed E-state index contributed by atoms with van der Waals surface area (Å²) in [5.41, 5.74) is 1.10. The topological polar surface area (TPSA) is 32.3 Å². The molecule has 1 heterocycles. The molecule has 0 radical (unpaired) electrons. The maximum absolute atomic E-state index is 9.37. The van der Waals surface area contributed by atoms with E-state index >= 15 is 0 Å². The van der Waals surface area contributed by atoms with E-state index in [0.717, 1.165) is 12.1 Å². The molecule has 0 aliphatic heterocycles. The third-order valence-electron chi connectivity index (χ3n) is 2.71. The summed E-state index contributed by atoms with van der Waals surface area (Å²) in [4.78, 5) is 2.69. The Balaban J connectivity index is 1.94. The van der Waals surface area contributed by atoms with E-state index in [1.165, 1.54) is 9.75 Å². The Morgan fingerprint density at radius 1 is 1.29 bits per heavy atom. The summed E-state index contributed by atoms with van der Waals surface area (Å²) in [6.45, 7) is 5.05. The summed E-state index contributed by atoms with van der Waals surface area (Å²) in [5.74, 6) is 0.323. The van der Waals surface area contributed by atoms with Crippen LogP contribution in [0, 0.1) is 6.92 Å². The van der Waals surface area contributed by atoms with E-state index in [9.17, 15) is 5.11 Å². The van der Waals surface area contributed by atoms with Gasteiger partial charge in [0.2, 0.25) is 0 Å². The molecule has 1 aromatic carbocycles. The Kier molecular flexibility index (Phi) is 3.82. The Hall–Kier alpha value is -1.32. The minimum absolute atomic E-state index is 0.323. The van der Waals surface area contributed by atoms with Crippen molar-refractivity contribution in [3.63, 3.8) is 0 Å². The average molecular weight is 247 g/mol. The van der Waals surface area contributed by atoms with Crippen molar-refractivity contribution in [1.82, 2.24) is 5.32 Å². The summed E-state index contributed by atoms with van der Waals surface area (Å²) in [5, 5.41) is 12.8. The lowest BCUT2D eigenvalue weighted by molar-refractivity contribution is 0.473. The zero-order chi connectivity index (χ0) is 12.3. The van der Waals surface area contributed by atoms with Crippen molar-refractivity contribution in [3.8, 4) is 5.75 Å². The zero-order valence-electron chi connectivity index (χ0n) is 10.1. The summed E-state index contributed by atoms with van der Waals surface area (Å²) in [7, 11) is 0. The molecule has 90 valence electrons. The van der Waals surface area contributed by atoms with Gasteiger partial charge in [0, 0.05) is 22.3 Å². The minimum Gasteiger partial charge on any atom is -0.508 e. The summed E-state index contributed by atoms with van der Waals surface area (Å²) >= 11 is 1.82. The summed E-state index contributed by atoms with van der Waals surface area (Å²) < 4.78 is 0. The standard InChI is InChI=1S/C14H17NOS/c1-10-6-7-14(17-10)11(2)15-9-12-4-3-5-13(16)8-12/h3-8,11,15-16H,9H2,1-2H3. The molecule has 1 atom stereocenters. The molecule has 2 N–H and O–H groups in total. The number of thiophene rings is 1. The first-order valence-corrected chi connectivity index (χ1v) is 6.54. The molecule has 0 saturated heterocycles. The molecule has 0 aliphatic rings. The largest absolute Gasteiger partial charge is 0.508 e. The van der Waals surface area contributed by atoms with Gasteiger partial charge in [-0.25, -0.2) is 0 Å². The molecule has 17 heavy (non-hydrogen) atoms. The molecule has 2 nitrogen and oxygen atoms in total. The first-order chi connectivity index (χ1) is 8.15. The number of phenolic OH excluding ortho intramolecular Hbond substituents is 1. The highest BCUT2D eigenvalue weighted by Crippen LogP contribution is 2.22. The smallest absolute Gasteiger partial charge is 0.115 e. The van der Waals surface area contributed by atoms with Gasteiger partial charge in [0.05, 0.1) is 0 Å². The number of rotatable bonds is 4. The van der Waals surface area contributed by atoms with Crippen LogP contribution in [0.3, 0.4) is 0 Å². The number of aromatic hydroxyl groups is 1. The van der Waals surface area contributed by atoms with Crippen LogP contribution in [0.15, 0.2) is 36.4 Å². The number of nitrogens with one attached hydrogen (secondary N) is 1. The maximum Gasteiger partial charge on any atom is 0.115 e. The molecule has 0 amide bonds. The van der Waals surface area contributed by atoms with Gasteiger partial charge in [0.15, 0.2) is 0 Å². The molecular weight excluding hydrogens is 230 g/mol. The van der Waals surface area contributed by atoms with Crippen LogP contribution in [0.1, 0.15) is 28.3 Å². The molecular formula is C14H17NOS. The molecule has 3 heteroatoms. The lowest BCUT2D eigenvalue weighted by atomic mass is 10.2. The van der Waals surface area contributed by atoms with Gasteiger partial charge in [-0.05, 0) is 43.7 Å². The number of hydrogen-bond acceptors (Lipinski definition) is 3. The SMILES string of the molecule is Cc1ccc(C(C)NCc2cccc(O)c2)s1. The van der Waals surface area contributed by atoms with E-state index in [2.05, 4.69) is 31.3 Å². The fourth-order valence-corrected chi connectivity index (χ4v) is 2.63. The predicted octanol–water partition coefficient (Wildman–Crippen LogP) is 3.61. The molecule has 0 aliphatic carbocycles. The molecule has 0 saturated carbocycles. The van der Waals surface area contributed by atoms with Crippen LogP contribution in [0.5, 0.6) is 5.75 Å². The average Bonchev–Trinajstić information content (AvgIpc) is 2.73. The second kappa shape index (κ2) is 5.34. The van der Waals surface area contributed by atoms with Crippen molar-refractivity contribution in [2.45, 2.75) is 26.4 Å². The van der Waals surface area contributed by atoms with E-state index in [4.69, 9.17) is 0 Å². The van der Waals surface area contributed by atoms with E-state index in [-0.39, 0.29) is 0 Å². The van der Waals surface area contributed by atoms with Gasteiger partial charge in [-0.3, -0.25) is 0 Å². The first kappa shape index (κ1) is 12.1. The van der Waals surface area contributed by atoms with Gasteiger partial charge < -0.3 is 10.4 Å². The number of benzene rings is 1. The van der Waals surface area contributed by atoms with Crippen LogP contribution >= 0.6 is 11.3 Å². The van der Waals surface area contributed by atoms with Crippen molar-refractivity contribution in [3.05, 3.63) is 51.7 Å². The monoisotopic (exact) mass is 247 g/mol. The Bertz CT molecular complexity index is 492. The van der Waals surface area contributed by atoms with Crippen LogP contribution in [0.4, 0.5) is 0 Å². The van der Waals surface area contributed by atoms with Crippen LogP contribution in [0.25, 0.3) is 0 Å². The van der Waals surface area contributed by atoms with Gasteiger partial charge in [0.25, 0.3) is 0 Å². The first-order valence-electron chi connectivity index (χ1n) is 5.73. The highest BCUT2D eigenvalue weighted by molar-refractivity contribution is 7.12. The van der Waals surface area contributed by atoms with E-state index in [0.29, 0.717) is 11.8 Å². The normalized spacial score (nSPS) is 12.6. The molecule has 0 fully saturated rings. The van der Waals surface area contributed by atoms with Gasteiger partial charge in [-0.2, -0.15) is 0 Å². The van der Waals surface area contributed by atoms with E-state index in [1.807, 2.05) is 23.5 Å². The van der Waals surface area contributed by atoms with Gasteiger partial charge >= 0.3 is 0 Å². The minimum atomic E-state index is 0.323. The lowest BCUT2D eigenvalue weighted by Crippen LogP contribution is -2.16. The highest BCUT2D eigenvalue weighted by Gasteiger charge is 2.06. The Morgan fingerprint density at radius 3 is 2.76 bits per heavy atom. The fourth-order valence-electron chi connectivity index (χ4n) is 1.72. The van der Waals surface area contributed by atoms with Crippen LogP contribution in [-0.4, -0.2) is 5.11 Å². The summed E-state index contributed by atoms with van der Waals surface area (Å²) in [6, 6.07) is 12.0. The third kappa shape index (κ3) is 3.32. The summed E-state index contributed by atoms with van der Waals surface area (Å²) in [6.07, 6.45) is 0. The number of hydrogen-bond donors (Lipinski definition) is 2. The van der Waals surface area contributed by atoms with Gasteiger partial charge in [-0.15, -0.1) is 11.3 Å². The van der Waals surface area contributed by atoms with Crippen molar-refractivity contribution in [2.24, 2.45) is 0 Å². The van der Waals surface area contributed by atoms with Crippen molar-refractivity contribution in [2.75, 3.05) is 0 Å². The van der Waals surface area contributed by atoms with E-state index in [1.54, 1.807) is 12.1 Å². The van der Waals surface area contributed by atoms with Crippen molar-refractivity contribution in [1.29, 1.82) is 0 Å².